The van der Waals surface area contributed by atoms with Crippen molar-refractivity contribution in [1.82, 2.24) is 5.32 Å². The highest BCUT2D eigenvalue weighted by molar-refractivity contribution is 6.10. The summed E-state index contributed by atoms with van der Waals surface area (Å²) in [5.41, 5.74) is 6.59. The van der Waals surface area contributed by atoms with Crippen molar-refractivity contribution in [2.75, 3.05) is 0 Å². The second kappa shape index (κ2) is 5.48. The van der Waals surface area contributed by atoms with Crippen molar-refractivity contribution < 1.29 is 4.79 Å². The monoisotopic (exact) mass is 256 g/mol. The Labute approximate surface area is 111 Å². The molecular formula is C14H16N4O. The van der Waals surface area contributed by atoms with E-state index in [1.54, 1.807) is 24.3 Å². The Kier molecular flexibility index (Phi) is 3.75. The molecule has 5 N–H and O–H groups in total. The van der Waals surface area contributed by atoms with Gasteiger partial charge in [-0.15, -0.1) is 0 Å². The Morgan fingerprint density at radius 2 is 1.95 bits per heavy atom. The van der Waals surface area contributed by atoms with Gasteiger partial charge in [0.1, 0.15) is 5.84 Å². The largest absolute Gasteiger partial charge is 0.384 e. The van der Waals surface area contributed by atoms with Gasteiger partial charge < -0.3 is 16.5 Å². The fourth-order valence-electron chi connectivity index (χ4n) is 1.59. The molecule has 1 fully saturated rings. The summed E-state index contributed by atoms with van der Waals surface area (Å²) in [7, 11) is 0. The predicted molar refractivity (Wildman–Crippen MR) is 74.8 cm³/mol. The van der Waals surface area contributed by atoms with Crippen LogP contribution in [0.1, 0.15) is 28.8 Å². The van der Waals surface area contributed by atoms with E-state index in [-0.39, 0.29) is 17.5 Å². The van der Waals surface area contributed by atoms with Crippen molar-refractivity contribution in [2.24, 2.45) is 5.73 Å². The third kappa shape index (κ3) is 3.77. The molecule has 1 amide bonds. The molecule has 0 unspecified atom stereocenters. The van der Waals surface area contributed by atoms with Crippen LogP contribution in [-0.4, -0.2) is 23.5 Å². The second-order valence-corrected chi connectivity index (χ2v) is 4.53. The van der Waals surface area contributed by atoms with Crippen molar-refractivity contribution in [3.8, 4) is 0 Å². The molecule has 0 saturated heterocycles. The number of amides is 1. The second-order valence-electron chi connectivity index (χ2n) is 4.53. The summed E-state index contributed by atoms with van der Waals surface area (Å²) in [5, 5.41) is 17.8. The minimum atomic E-state index is -0.104. The summed E-state index contributed by atoms with van der Waals surface area (Å²) in [5.74, 6) is -0.208. The van der Waals surface area contributed by atoms with Crippen LogP contribution < -0.4 is 11.1 Å². The first-order chi connectivity index (χ1) is 9.06. The van der Waals surface area contributed by atoms with Crippen LogP contribution in [0.25, 0.3) is 0 Å². The standard InChI is InChI=1S/C14H16N4O/c15-12(6-7-13(16)17)9-2-1-3-10(8-9)14(19)18-11-4-5-11/h1-3,6-8,11,15H,4-5H2,(H3,16,17)(H,18,19)/b7-6-,15-12?. The van der Waals surface area contributed by atoms with Crippen molar-refractivity contribution in [3.05, 3.63) is 47.5 Å². The molecule has 0 aromatic heterocycles. The summed E-state index contributed by atoms with van der Waals surface area (Å²) >= 11 is 0. The van der Waals surface area contributed by atoms with E-state index < -0.39 is 0 Å². The molecule has 19 heavy (non-hydrogen) atoms. The van der Waals surface area contributed by atoms with Gasteiger partial charge in [-0.25, -0.2) is 0 Å². The third-order valence-electron chi connectivity index (χ3n) is 2.78. The molecule has 0 atom stereocenters. The van der Waals surface area contributed by atoms with E-state index in [0.717, 1.165) is 12.8 Å². The van der Waals surface area contributed by atoms with Crippen molar-refractivity contribution in [3.63, 3.8) is 0 Å². The number of hydrogen-bond donors (Lipinski definition) is 4. The van der Waals surface area contributed by atoms with Crippen molar-refractivity contribution >= 4 is 17.5 Å². The van der Waals surface area contributed by atoms with Gasteiger partial charge in [-0.05, 0) is 37.1 Å². The highest BCUT2D eigenvalue weighted by atomic mass is 16.1. The highest BCUT2D eigenvalue weighted by Crippen LogP contribution is 2.19. The van der Waals surface area contributed by atoms with Gasteiger partial charge in [-0.3, -0.25) is 10.2 Å². The number of amidine groups is 1. The number of carbonyl (C=O) groups is 1. The minimum absolute atomic E-state index is 0.104. The smallest absolute Gasteiger partial charge is 0.251 e. The lowest BCUT2D eigenvalue weighted by Crippen LogP contribution is -2.25. The number of carbonyl (C=O) groups excluding carboxylic acids is 1. The lowest BCUT2D eigenvalue weighted by atomic mass is 10.1. The van der Waals surface area contributed by atoms with E-state index in [1.807, 2.05) is 0 Å². The zero-order valence-corrected chi connectivity index (χ0v) is 10.4. The number of allylic oxidation sites excluding steroid dienone is 1. The zero-order valence-electron chi connectivity index (χ0n) is 10.4. The van der Waals surface area contributed by atoms with Gasteiger partial charge in [0.2, 0.25) is 0 Å². The molecule has 0 heterocycles. The van der Waals surface area contributed by atoms with Crippen LogP contribution in [0.4, 0.5) is 0 Å². The fraction of sp³-hybridized carbons (Fsp3) is 0.214. The van der Waals surface area contributed by atoms with Crippen LogP contribution in [0.2, 0.25) is 0 Å². The molecule has 5 heteroatoms. The summed E-state index contributed by atoms with van der Waals surface area (Å²) in [6.45, 7) is 0. The maximum Gasteiger partial charge on any atom is 0.251 e. The van der Waals surface area contributed by atoms with Crippen molar-refractivity contribution in [1.29, 1.82) is 10.8 Å². The average Bonchev–Trinajstić information content (AvgIpc) is 3.20. The van der Waals surface area contributed by atoms with E-state index >= 15 is 0 Å². The van der Waals surface area contributed by atoms with Gasteiger partial charge in [0, 0.05) is 17.2 Å². The Morgan fingerprint density at radius 3 is 2.58 bits per heavy atom. The number of rotatable bonds is 5. The molecule has 1 aromatic rings. The maximum absolute atomic E-state index is 11.9. The van der Waals surface area contributed by atoms with E-state index in [1.165, 1.54) is 12.2 Å². The molecule has 1 saturated carbocycles. The molecule has 1 aromatic carbocycles. The summed E-state index contributed by atoms with van der Waals surface area (Å²) < 4.78 is 0. The number of nitrogens with one attached hydrogen (secondary N) is 3. The predicted octanol–water partition coefficient (Wildman–Crippen LogP) is 1.44. The lowest BCUT2D eigenvalue weighted by Gasteiger charge is -2.05. The van der Waals surface area contributed by atoms with E-state index in [4.69, 9.17) is 16.6 Å². The van der Waals surface area contributed by atoms with E-state index in [2.05, 4.69) is 5.32 Å². The molecule has 1 aliphatic carbocycles. The van der Waals surface area contributed by atoms with Gasteiger partial charge in [0.25, 0.3) is 5.91 Å². The van der Waals surface area contributed by atoms with Gasteiger partial charge in [-0.2, -0.15) is 0 Å². The topological polar surface area (TPSA) is 103 Å². The van der Waals surface area contributed by atoms with Gasteiger partial charge in [0.15, 0.2) is 0 Å². The summed E-state index contributed by atoms with van der Waals surface area (Å²) in [6.07, 6.45) is 4.88. The zero-order chi connectivity index (χ0) is 13.8. The maximum atomic E-state index is 11.9. The molecule has 5 nitrogen and oxygen atoms in total. The number of benzene rings is 1. The fourth-order valence-corrected chi connectivity index (χ4v) is 1.59. The molecule has 0 spiro atoms. The molecular weight excluding hydrogens is 240 g/mol. The average molecular weight is 256 g/mol. The number of hydrogen-bond acceptors (Lipinski definition) is 3. The van der Waals surface area contributed by atoms with Crippen LogP contribution in [0, 0.1) is 10.8 Å². The van der Waals surface area contributed by atoms with Crippen LogP contribution in [0.15, 0.2) is 36.4 Å². The molecule has 1 aliphatic rings. The van der Waals surface area contributed by atoms with Crippen molar-refractivity contribution in [2.45, 2.75) is 18.9 Å². The van der Waals surface area contributed by atoms with Gasteiger partial charge in [-0.1, -0.05) is 12.1 Å². The normalized spacial score (nSPS) is 14.3. The Balaban J connectivity index is 2.11. The van der Waals surface area contributed by atoms with Gasteiger partial charge >= 0.3 is 0 Å². The SMILES string of the molecule is N=C(N)/C=C\C(=N)c1cccc(C(=O)NC2CC2)c1. The Hall–Kier alpha value is -2.43. The summed E-state index contributed by atoms with van der Waals surface area (Å²) in [4.78, 5) is 11.9. The molecule has 2 rings (SSSR count). The first-order valence-corrected chi connectivity index (χ1v) is 6.08. The lowest BCUT2D eigenvalue weighted by molar-refractivity contribution is 0.0951. The highest BCUT2D eigenvalue weighted by Gasteiger charge is 2.23. The van der Waals surface area contributed by atoms with Crippen LogP contribution in [0.3, 0.4) is 0 Å². The van der Waals surface area contributed by atoms with Gasteiger partial charge in [0.05, 0.1) is 5.71 Å². The molecule has 0 bridgehead atoms. The van der Waals surface area contributed by atoms with E-state index in [0.29, 0.717) is 17.2 Å². The minimum Gasteiger partial charge on any atom is -0.384 e. The van der Waals surface area contributed by atoms with Crippen LogP contribution >= 0.6 is 0 Å². The first-order valence-electron chi connectivity index (χ1n) is 6.08. The molecule has 98 valence electrons. The Morgan fingerprint density at radius 1 is 1.26 bits per heavy atom. The molecule has 0 radical (unpaired) electrons. The first kappa shape index (κ1) is 13.0. The quantitative estimate of drug-likeness (QED) is 0.473. The van der Waals surface area contributed by atoms with Crippen LogP contribution in [-0.2, 0) is 0 Å². The summed E-state index contributed by atoms with van der Waals surface area (Å²) in [6, 6.07) is 7.20. The molecule has 0 aliphatic heterocycles. The Bertz CT molecular complexity index is 558. The van der Waals surface area contributed by atoms with Crippen LogP contribution in [0.5, 0.6) is 0 Å². The third-order valence-corrected chi connectivity index (χ3v) is 2.78. The van der Waals surface area contributed by atoms with E-state index in [9.17, 15) is 4.79 Å². The number of nitrogens with two attached hydrogens (primary N) is 1.